The lowest BCUT2D eigenvalue weighted by Gasteiger charge is -2.25. The monoisotopic (exact) mass is 334 g/mol. The fourth-order valence-corrected chi connectivity index (χ4v) is 3.12. The predicted octanol–water partition coefficient (Wildman–Crippen LogP) is 6.20. The van der Waals surface area contributed by atoms with Crippen molar-refractivity contribution in [2.45, 2.75) is 85.7 Å². The summed E-state index contributed by atoms with van der Waals surface area (Å²) in [5.41, 5.74) is 2.74. The van der Waals surface area contributed by atoms with Crippen LogP contribution in [0.25, 0.3) is 0 Å². The molecule has 1 unspecified atom stereocenters. The average molecular weight is 335 g/mol. The average Bonchev–Trinajstić information content (AvgIpc) is 2.54. The molecule has 0 saturated carbocycles. The van der Waals surface area contributed by atoms with Crippen molar-refractivity contribution in [3.63, 3.8) is 0 Å². The zero-order chi connectivity index (χ0) is 18.0. The Morgan fingerprint density at radius 1 is 1.04 bits per heavy atom. The van der Waals surface area contributed by atoms with E-state index in [4.69, 9.17) is 9.47 Å². The van der Waals surface area contributed by atoms with Gasteiger partial charge in [0.15, 0.2) is 0 Å². The van der Waals surface area contributed by atoms with E-state index < -0.39 is 0 Å². The van der Waals surface area contributed by atoms with E-state index in [2.05, 4.69) is 59.7 Å². The Morgan fingerprint density at radius 2 is 1.79 bits per heavy atom. The lowest BCUT2D eigenvalue weighted by Crippen LogP contribution is -2.24. The van der Waals surface area contributed by atoms with Gasteiger partial charge in [0.2, 0.25) is 0 Å². The first-order chi connectivity index (χ1) is 11.4. The first kappa shape index (κ1) is 21.0. The summed E-state index contributed by atoms with van der Waals surface area (Å²) in [7, 11) is 0. The summed E-state index contributed by atoms with van der Waals surface area (Å²) in [6.07, 6.45) is 6.83. The molecule has 138 valence electrons. The Morgan fingerprint density at radius 3 is 2.42 bits per heavy atom. The molecular weight excluding hydrogens is 296 g/mol. The summed E-state index contributed by atoms with van der Waals surface area (Å²) in [6.45, 7) is 14.8. The minimum Gasteiger partial charge on any atom is -0.493 e. The number of hydrogen-bond acceptors (Lipinski definition) is 2. The molecule has 0 bridgehead atoms. The molecule has 2 nitrogen and oxygen atoms in total. The van der Waals surface area contributed by atoms with E-state index in [0.29, 0.717) is 5.92 Å². The summed E-state index contributed by atoms with van der Waals surface area (Å²) in [5.74, 6) is 1.77. The minimum absolute atomic E-state index is 0.0159. The van der Waals surface area contributed by atoms with Crippen LogP contribution in [-0.2, 0) is 17.6 Å². The normalized spacial score (nSPS) is 13.1. The minimum atomic E-state index is 0.0159. The van der Waals surface area contributed by atoms with Crippen LogP contribution in [0.5, 0.6) is 5.75 Å². The molecule has 0 saturated heterocycles. The molecule has 1 aromatic rings. The van der Waals surface area contributed by atoms with Crippen LogP contribution in [0.3, 0.4) is 0 Å². The number of hydrogen-bond donors (Lipinski definition) is 0. The van der Waals surface area contributed by atoms with E-state index in [1.165, 1.54) is 24.0 Å². The highest BCUT2D eigenvalue weighted by Gasteiger charge is 2.17. The van der Waals surface area contributed by atoms with E-state index in [1.807, 2.05) is 0 Å². The lowest BCUT2D eigenvalue weighted by molar-refractivity contribution is -0.0183. The summed E-state index contributed by atoms with van der Waals surface area (Å²) in [4.78, 5) is 0. The van der Waals surface area contributed by atoms with E-state index in [1.54, 1.807) is 0 Å². The van der Waals surface area contributed by atoms with Gasteiger partial charge in [0, 0.05) is 6.61 Å². The zero-order valence-electron chi connectivity index (χ0n) is 16.8. The Hall–Kier alpha value is -1.02. The Balaban J connectivity index is 2.32. The molecule has 0 fully saturated rings. The Bertz CT molecular complexity index is 465. The van der Waals surface area contributed by atoms with E-state index >= 15 is 0 Å². The van der Waals surface area contributed by atoms with Crippen LogP contribution in [0.15, 0.2) is 18.2 Å². The highest BCUT2D eigenvalue weighted by Crippen LogP contribution is 2.23. The molecule has 1 atom stereocenters. The largest absolute Gasteiger partial charge is 0.493 e. The molecular formula is C22H38O2. The molecule has 1 aromatic carbocycles. The van der Waals surface area contributed by atoms with Gasteiger partial charge < -0.3 is 9.47 Å². The SMILES string of the molecule is CCOC(C)(C)CCCC(C)CCOc1ccc(CC)cc1CC. The second-order valence-corrected chi connectivity index (χ2v) is 7.48. The van der Waals surface area contributed by atoms with E-state index in [9.17, 15) is 0 Å². The third-order valence-corrected chi connectivity index (χ3v) is 4.79. The number of aryl methyl sites for hydroxylation is 2. The number of rotatable bonds is 12. The van der Waals surface area contributed by atoms with Gasteiger partial charge in [0.1, 0.15) is 5.75 Å². The van der Waals surface area contributed by atoms with Gasteiger partial charge in [0.05, 0.1) is 12.2 Å². The van der Waals surface area contributed by atoms with Gasteiger partial charge >= 0.3 is 0 Å². The van der Waals surface area contributed by atoms with Crippen molar-refractivity contribution in [1.29, 1.82) is 0 Å². The van der Waals surface area contributed by atoms with Crippen molar-refractivity contribution in [3.8, 4) is 5.75 Å². The maximum Gasteiger partial charge on any atom is 0.122 e. The van der Waals surface area contributed by atoms with Crippen molar-refractivity contribution >= 4 is 0 Å². The van der Waals surface area contributed by atoms with Crippen molar-refractivity contribution in [2.24, 2.45) is 5.92 Å². The topological polar surface area (TPSA) is 18.5 Å². The smallest absolute Gasteiger partial charge is 0.122 e. The molecule has 1 rings (SSSR count). The Labute approximate surface area is 149 Å². The predicted molar refractivity (Wildman–Crippen MR) is 104 cm³/mol. The lowest BCUT2D eigenvalue weighted by atomic mass is 9.95. The van der Waals surface area contributed by atoms with Crippen LogP contribution >= 0.6 is 0 Å². The first-order valence-corrected chi connectivity index (χ1v) is 9.80. The highest BCUT2D eigenvalue weighted by molar-refractivity contribution is 5.37. The molecule has 24 heavy (non-hydrogen) atoms. The van der Waals surface area contributed by atoms with Crippen LogP contribution in [0, 0.1) is 5.92 Å². The fraction of sp³-hybridized carbons (Fsp3) is 0.727. The maximum absolute atomic E-state index is 6.06. The molecule has 0 N–H and O–H groups in total. The molecule has 0 radical (unpaired) electrons. The van der Waals surface area contributed by atoms with Crippen molar-refractivity contribution < 1.29 is 9.47 Å². The first-order valence-electron chi connectivity index (χ1n) is 9.80. The highest BCUT2D eigenvalue weighted by atomic mass is 16.5. The Kier molecular flexibility index (Phi) is 9.43. The van der Waals surface area contributed by atoms with Crippen LogP contribution in [-0.4, -0.2) is 18.8 Å². The van der Waals surface area contributed by atoms with Crippen molar-refractivity contribution in [2.75, 3.05) is 13.2 Å². The van der Waals surface area contributed by atoms with E-state index in [-0.39, 0.29) is 5.60 Å². The molecule has 0 spiro atoms. The molecule has 2 heteroatoms. The van der Waals surface area contributed by atoms with Gasteiger partial charge in [-0.2, -0.15) is 0 Å². The van der Waals surface area contributed by atoms with Crippen molar-refractivity contribution in [1.82, 2.24) is 0 Å². The van der Waals surface area contributed by atoms with Gasteiger partial charge in [-0.3, -0.25) is 0 Å². The zero-order valence-corrected chi connectivity index (χ0v) is 16.8. The third kappa shape index (κ3) is 7.70. The van der Waals surface area contributed by atoms with Gasteiger partial charge in [-0.05, 0) is 69.6 Å². The third-order valence-electron chi connectivity index (χ3n) is 4.79. The molecule has 0 aromatic heterocycles. The molecule has 0 aliphatic rings. The maximum atomic E-state index is 6.06. The fourth-order valence-electron chi connectivity index (χ4n) is 3.12. The summed E-state index contributed by atoms with van der Waals surface area (Å²) in [5, 5.41) is 0. The molecule has 0 aliphatic carbocycles. The van der Waals surface area contributed by atoms with Gasteiger partial charge in [-0.15, -0.1) is 0 Å². The molecule has 0 aliphatic heterocycles. The van der Waals surface area contributed by atoms with Crippen LogP contribution in [0.4, 0.5) is 0 Å². The van der Waals surface area contributed by atoms with Crippen molar-refractivity contribution in [3.05, 3.63) is 29.3 Å². The quantitative estimate of drug-likeness (QED) is 0.453. The van der Waals surface area contributed by atoms with E-state index in [0.717, 1.165) is 44.6 Å². The van der Waals surface area contributed by atoms with Crippen LogP contribution in [0.1, 0.15) is 78.4 Å². The second kappa shape index (κ2) is 10.8. The number of benzene rings is 1. The summed E-state index contributed by atoms with van der Waals surface area (Å²) < 4.78 is 11.8. The van der Waals surface area contributed by atoms with Gasteiger partial charge in [0.25, 0.3) is 0 Å². The van der Waals surface area contributed by atoms with Gasteiger partial charge in [-0.25, -0.2) is 0 Å². The summed E-state index contributed by atoms with van der Waals surface area (Å²) in [6, 6.07) is 6.62. The van der Waals surface area contributed by atoms with Crippen LogP contribution in [0.2, 0.25) is 0 Å². The summed E-state index contributed by atoms with van der Waals surface area (Å²) >= 11 is 0. The number of ether oxygens (including phenoxy) is 2. The molecule has 0 amide bonds. The van der Waals surface area contributed by atoms with Gasteiger partial charge in [-0.1, -0.05) is 45.7 Å². The second-order valence-electron chi connectivity index (χ2n) is 7.48. The standard InChI is InChI=1S/C22H38O2/c1-7-19-12-13-21(20(8-2)17-19)23-16-14-18(4)11-10-15-22(5,6)24-9-3/h12-13,17-18H,7-11,14-16H2,1-6H3. The van der Waals surface area contributed by atoms with Crippen LogP contribution < -0.4 is 4.74 Å². The molecule has 0 heterocycles.